The Morgan fingerprint density at radius 3 is 1.92 bits per heavy atom. The number of rotatable bonds is 6. The molecule has 0 radical (unpaired) electrons. The van der Waals surface area contributed by atoms with E-state index in [4.69, 9.17) is 9.90 Å². The van der Waals surface area contributed by atoms with E-state index in [-0.39, 0.29) is 16.1 Å². The number of aliphatic carboxylic acids is 1. The molecule has 204 valence electrons. The third-order valence-corrected chi connectivity index (χ3v) is 7.45. The number of benzene rings is 2. The third-order valence-electron chi connectivity index (χ3n) is 5.78. The standard InChI is InChI=1S/C22H29N3O4S.C2HF3O2/c1-5-24-8-10-25(11-9-24)18-6-7-20(19(14-18)22(26)27)23-30(28,29)21-16(3)12-15(2)13-17(21)4;3-2(4,5)1(6)7/h6-7,12-14,23H,5,8-11H2,1-4H3,(H,26,27);(H,6,7). The van der Waals surface area contributed by atoms with Gasteiger partial charge < -0.3 is 20.0 Å². The quantitative estimate of drug-likeness (QED) is 0.499. The number of aromatic carboxylic acids is 1. The zero-order chi connectivity index (χ0) is 28.1. The van der Waals surface area contributed by atoms with E-state index in [1.54, 1.807) is 44.2 Å². The maximum atomic E-state index is 13.1. The van der Waals surface area contributed by atoms with Gasteiger partial charge in [-0.15, -0.1) is 0 Å². The Balaban J connectivity index is 0.000000604. The Morgan fingerprint density at radius 2 is 1.49 bits per heavy atom. The van der Waals surface area contributed by atoms with Gasteiger partial charge in [-0.3, -0.25) is 4.72 Å². The molecule has 0 spiro atoms. The van der Waals surface area contributed by atoms with Crippen molar-refractivity contribution in [1.82, 2.24) is 4.90 Å². The monoisotopic (exact) mass is 545 g/mol. The molecule has 0 aromatic heterocycles. The molecule has 1 fully saturated rings. The van der Waals surface area contributed by atoms with Gasteiger partial charge in [0.25, 0.3) is 10.0 Å². The fourth-order valence-corrected chi connectivity index (χ4v) is 5.64. The van der Waals surface area contributed by atoms with Crippen molar-refractivity contribution >= 4 is 33.3 Å². The first-order chi connectivity index (χ1) is 17.1. The fraction of sp³-hybridized carbons (Fsp3) is 0.417. The number of hydrogen-bond acceptors (Lipinski definition) is 6. The van der Waals surface area contributed by atoms with Crippen molar-refractivity contribution in [3.8, 4) is 0 Å². The molecule has 1 heterocycles. The van der Waals surface area contributed by atoms with E-state index in [0.717, 1.165) is 44.0 Å². The summed E-state index contributed by atoms with van der Waals surface area (Å²) in [5.41, 5.74) is 3.02. The average molecular weight is 546 g/mol. The topological polar surface area (TPSA) is 127 Å². The summed E-state index contributed by atoms with van der Waals surface area (Å²) in [5, 5.41) is 16.8. The van der Waals surface area contributed by atoms with Gasteiger partial charge in [-0.1, -0.05) is 24.6 Å². The number of halogens is 3. The van der Waals surface area contributed by atoms with Crippen LogP contribution in [-0.2, 0) is 14.8 Å². The van der Waals surface area contributed by atoms with Gasteiger partial charge in [0.2, 0.25) is 0 Å². The van der Waals surface area contributed by atoms with Gasteiger partial charge in [0.1, 0.15) is 0 Å². The normalized spacial score (nSPS) is 14.5. The second-order valence-corrected chi connectivity index (χ2v) is 10.2. The Morgan fingerprint density at radius 1 is 0.973 bits per heavy atom. The van der Waals surface area contributed by atoms with Crippen LogP contribution in [0.3, 0.4) is 0 Å². The molecule has 2 aromatic rings. The van der Waals surface area contributed by atoms with E-state index < -0.39 is 28.1 Å². The second-order valence-electron chi connectivity index (χ2n) is 8.59. The van der Waals surface area contributed by atoms with Gasteiger partial charge in [0, 0.05) is 31.9 Å². The first-order valence-electron chi connectivity index (χ1n) is 11.3. The smallest absolute Gasteiger partial charge is 0.478 e. The largest absolute Gasteiger partial charge is 0.490 e. The van der Waals surface area contributed by atoms with E-state index in [9.17, 15) is 31.5 Å². The lowest BCUT2D eigenvalue weighted by molar-refractivity contribution is -0.192. The SMILES string of the molecule is CCN1CCN(c2ccc(NS(=O)(=O)c3c(C)cc(C)cc3C)c(C(=O)O)c2)CC1.O=C(O)C(F)(F)F. The van der Waals surface area contributed by atoms with Crippen LogP contribution in [0.4, 0.5) is 24.5 Å². The Bertz CT molecular complexity index is 1230. The van der Waals surface area contributed by atoms with Crippen molar-refractivity contribution in [1.29, 1.82) is 0 Å². The van der Waals surface area contributed by atoms with E-state index in [1.165, 1.54) is 0 Å². The maximum absolute atomic E-state index is 13.1. The number of sulfonamides is 1. The summed E-state index contributed by atoms with van der Waals surface area (Å²) in [6, 6.07) is 8.48. The summed E-state index contributed by atoms with van der Waals surface area (Å²) in [5.74, 6) is -3.92. The van der Waals surface area contributed by atoms with Crippen LogP contribution in [0.15, 0.2) is 35.2 Å². The van der Waals surface area contributed by atoms with Crippen LogP contribution in [-0.4, -0.2) is 74.4 Å². The van der Waals surface area contributed by atoms with Crippen molar-refractivity contribution in [2.45, 2.75) is 38.8 Å². The van der Waals surface area contributed by atoms with E-state index in [1.807, 2.05) is 6.92 Å². The number of likely N-dealkylation sites (N-methyl/N-ethyl adjacent to an activating group) is 1. The molecule has 0 saturated carbocycles. The van der Waals surface area contributed by atoms with Crippen molar-refractivity contribution < 1.29 is 41.4 Å². The Hall–Kier alpha value is -3.32. The van der Waals surface area contributed by atoms with Gasteiger partial charge in [-0.2, -0.15) is 13.2 Å². The molecular weight excluding hydrogens is 515 g/mol. The van der Waals surface area contributed by atoms with Crippen LogP contribution in [0.2, 0.25) is 0 Å². The molecule has 2 aromatic carbocycles. The number of carboxylic acid groups (broad SMARTS) is 2. The number of alkyl halides is 3. The van der Waals surface area contributed by atoms with Gasteiger partial charge >= 0.3 is 18.1 Å². The number of nitrogens with zero attached hydrogens (tertiary/aromatic N) is 2. The van der Waals surface area contributed by atoms with E-state index in [0.29, 0.717) is 11.1 Å². The number of piperazine rings is 1. The summed E-state index contributed by atoms with van der Waals surface area (Å²) < 4.78 is 60.4. The minimum atomic E-state index is -5.08. The van der Waals surface area contributed by atoms with Crippen LogP contribution in [0, 0.1) is 20.8 Å². The van der Waals surface area contributed by atoms with Crippen molar-refractivity contribution in [2.24, 2.45) is 0 Å². The van der Waals surface area contributed by atoms with E-state index in [2.05, 4.69) is 21.4 Å². The average Bonchev–Trinajstić information content (AvgIpc) is 2.78. The lowest BCUT2D eigenvalue weighted by atomic mass is 10.1. The summed E-state index contributed by atoms with van der Waals surface area (Å²) in [4.78, 5) is 25.4. The molecule has 1 aliphatic rings. The van der Waals surface area contributed by atoms with Crippen LogP contribution >= 0.6 is 0 Å². The molecule has 3 rings (SSSR count). The molecule has 1 aliphatic heterocycles. The molecule has 0 amide bonds. The van der Waals surface area contributed by atoms with Crippen LogP contribution in [0.5, 0.6) is 0 Å². The number of hydrogen-bond donors (Lipinski definition) is 3. The molecule has 0 atom stereocenters. The number of anilines is 2. The van der Waals surface area contributed by atoms with Crippen LogP contribution < -0.4 is 9.62 Å². The zero-order valence-corrected chi connectivity index (χ0v) is 21.7. The molecule has 37 heavy (non-hydrogen) atoms. The Kier molecular flexibility index (Phi) is 9.55. The fourth-order valence-electron chi connectivity index (χ4n) is 4.10. The lowest BCUT2D eigenvalue weighted by Crippen LogP contribution is -2.46. The lowest BCUT2D eigenvalue weighted by Gasteiger charge is -2.35. The predicted octanol–water partition coefficient (Wildman–Crippen LogP) is 3.89. The zero-order valence-electron chi connectivity index (χ0n) is 20.9. The minimum Gasteiger partial charge on any atom is -0.478 e. The van der Waals surface area contributed by atoms with Crippen molar-refractivity contribution in [3.05, 3.63) is 52.6 Å². The highest BCUT2D eigenvalue weighted by Gasteiger charge is 2.38. The molecule has 9 nitrogen and oxygen atoms in total. The third kappa shape index (κ3) is 7.83. The van der Waals surface area contributed by atoms with Crippen molar-refractivity contribution in [3.63, 3.8) is 0 Å². The minimum absolute atomic E-state index is 0.0589. The van der Waals surface area contributed by atoms with E-state index >= 15 is 0 Å². The van der Waals surface area contributed by atoms with Gasteiger partial charge in [0.15, 0.2) is 0 Å². The first-order valence-corrected chi connectivity index (χ1v) is 12.8. The molecule has 13 heteroatoms. The second kappa shape index (κ2) is 11.8. The summed E-state index contributed by atoms with van der Waals surface area (Å²) in [7, 11) is -3.93. The highest BCUT2D eigenvalue weighted by atomic mass is 32.2. The molecule has 0 unspecified atom stereocenters. The first kappa shape index (κ1) is 29.9. The number of nitrogens with one attached hydrogen (secondary N) is 1. The Labute approximate surface area is 213 Å². The van der Waals surface area contributed by atoms with Gasteiger partial charge in [-0.05, 0) is 56.6 Å². The summed E-state index contributed by atoms with van der Waals surface area (Å²) >= 11 is 0. The highest BCUT2D eigenvalue weighted by Crippen LogP contribution is 2.29. The maximum Gasteiger partial charge on any atom is 0.490 e. The van der Waals surface area contributed by atoms with Crippen molar-refractivity contribution in [2.75, 3.05) is 42.3 Å². The van der Waals surface area contributed by atoms with Crippen LogP contribution in [0.25, 0.3) is 0 Å². The number of aryl methyl sites for hydroxylation is 3. The molecule has 1 saturated heterocycles. The van der Waals surface area contributed by atoms with Gasteiger partial charge in [0.05, 0.1) is 16.1 Å². The predicted molar refractivity (Wildman–Crippen MR) is 133 cm³/mol. The van der Waals surface area contributed by atoms with Gasteiger partial charge in [-0.25, -0.2) is 18.0 Å². The van der Waals surface area contributed by atoms with Crippen LogP contribution in [0.1, 0.15) is 34.0 Å². The highest BCUT2D eigenvalue weighted by molar-refractivity contribution is 7.92. The molecule has 0 bridgehead atoms. The number of carboxylic acids is 2. The molecular formula is C24H30F3N3O6S. The summed E-state index contributed by atoms with van der Waals surface area (Å²) in [6.45, 7) is 11.9. The molecule has 0 aliphatic carbocycles. The molecule has 3 N–H and O–H groups in total. The number of carbonyl (C=O) groups is 2. The summed E-state index contributed by atoms with van der Waals surface area (Å²) in [6.07, 6.45) is -5.08.